The Labute approximate surface area is 130 Å². The van der Waals surface area contributed by atoms with Gasteiger partial charge in [0, 0.05) is 17.5 Å². The Bertz CT molecular complexity index is 626. The van der Waals surface area contributed by atoms with Gasteiger partial charge >= 0.3 is 0 Å². The SMILES string of the molecule is CCc1ccccc1CNC1CCSc2c(F)cccc21. The fourth-order valence-electron chi connectivity index (χ4n) is 2.91. The van der Waals surface area contributed by atoms with Crippen molar-refractivity contribution in [2.24, 2.45) is 0 Å². The standard InChI is InChI=1S/C18H20FNS/c1-2-13-6-3-4-7-14(13)12-20-17-10-11-21-18-15(17)8-5-9-16(18)19/h3-9,17,20H,2,10-12H2,1H3. The third-order valence-corrected chi connectivity index (χ3v) is 5.22. The van der Waals surface area contributed by atoms with Crippen molar-refractivity contribution >= 4 is 11.8 Å². The maximum Gasteiger partial charge on any atom is 0.137 e. The first-order valence-corrected chi connectivity index (χ1v) is 8.49. The van der Waals surface area contributed by atoms with E-state index in [1.165, 1.54) is 11.1 Å². The summed E-state index contributed by atoms with van der Waals surface area (Å²) in [5.74, 6) is 0.888. The van der Waals surface area contributed by atoms with Crippen molar-refractivity contribution in [3.63, 3.8) is 0 Å². The summed E-state index contributed by atoms with van der Waals surface area (Å²) in [4.78, 5) is 0.824. The van der Waals surface area contributed by atoms with Crippen molar-refractivity contribution < 1.29 is 4.39 Å². The zero-order valence-electron chi connectivity index (χ0n) is 12.2. The summed E-state index contributed by atoms with van der Waals surface area (Å²) < 4.78 is 13.9. The van der Waals surface area contributed by atoms with E-state index in [9.17, 15) is 4.39 Å². The van der Waals surface area contributed by atoms with Gasteiger partial charge in [0.2, 0.25) is 0 Å². The zero-order valence-corrected chi connectivity index (χ0v) is 13.0. The van der Waals surface area contributed by atoms with Crippen LogP contribution in [0, 0.1) is 5.82 Å². The third-order valence-electron chi connectivity index (χ3n) is 4.06. The van der Waals surface area contributed by atoms with Crippen LogP contribution in [0.25, 0.3) is 0 Å². The van der Waals surface area contributed by atoms with Crippen LogP contribution in [0.2, 0.25) is 0 Å². The van der Waals surface area contributed by atoms with Gasteiger partial charge in [0.25, 0.3) is 0 Å². The second-order valence-corrected chi connectivity index (χ2v) is 6.46. The molecule has 0 aromatic heterocycles. The molecule has 0 aliphatic carbocycles. The number of halogens is 1. The lowest BCUT2D eigenvalue weighted by Gasteiger charge is -2.26. The minimum Gasteiger partial charge on any atom is -0.306 e. The van der Waals surface area contributed by atoms with Crippen LogP contribution in [0.15, 0.2) is 47.4 Å². The van der Waals surface area contributed by atoms with Crippen molar-refractivity contribution in [2.75, 3.05) is 5.75 Å². The molecule has 2 aromatic carbocycles. The Morgan fingerprint density at radius 3 is 2.76 bits per heavy atom. The highest BCUT2D eigenvalue weighted by atomic mass is 32.2. The molecule has 21 heavy (non-hydrogen) atoms. The molecule has 0 fully saturated rings. The zero-order chi connectivity index (χ0) is 14.7. The molecule has 3 heteroatoms. The van der Waals surface area contributed by atoms with Crippen molar-refractivity contribution in [1.29, 1.82) is 0 Å². The quantitative estimate of drug-likeness (QED) is 0.877. The highest BCUT2D eigenvalue weighted by Crippen LogP contribution is 2.37. The Hall–Kier alpha value is -1.32. The van der Waals surface area contributed by atoms with E-state index in [4.69, 9.17) is 0 Å². The van der Waals surface area contributed by atoms with E-state index in [1.54, 1.807) is 17.8 Å². The van der Waals surface area contributed by atoms with E-state index in [0.717, 1.165) is 35.6 Å². The molecule has 2 aromatic rings. The highest BCUT2D eigenvalue weighted by molar-refractivity contribution is 7.99. The predicted molar refractivity (Wildman–Crippen MR) is 87.1 cm³/mol. The van der Waals surface area contributed by atoms with Gasteiger partial charge in [-0.3, -0.25) is 0 Å². The molecule has 1 unspecified atom stereocenters. The average molecular weight is 301 g/mol. The first-order valence-electron chi connectivity index (χ1n) is 7.51. The summed E-state index contributed by atoms with van der Waals surface area (Å²) >= 11 is 1.63. The molecule has 0 spiro atoms. The molecule has 1 nitrogen and oxygen atoms in total. The normalized spacial score (nSPS) is 17.5. The van der Waals surface area contributed by atoms with Gasteiger partial charge in [-0.15, -0.1) is 11.8 Å². The van der Waals surface area contributed by atoms with Gasteiger partial charge in [0.05, 0.1) is 0 Å². The van der Waals surface area contributed by atoms with Gasteiger partial charge < -0.3 is 5.32 Å². The van der Waals surface area contributed by atoms with E-state index in [0.29, 0.717) is 0 Å². The van der Waals surface area contributed by atoms with Crippen LogP contribution in [0.3, 0.4) is 0 Å². The van der Waals surface area contributed by atoms with Crippen LogP contribution in [0.1, 0.15) is 36.1 Å². The molecule has 0 amide bonds. The Balaban J connectivity index is 1.77. The number of rotatable bonds is 4. The molecule has 1 aliphatic rings. The van der Waals surface area contributed by atoms with Crippen molar-refractivity contribution in [3.05, 3.63) is 65.0 Å². The minimum absolute atomic E-state index is 0.0852. The Kier molecular flexibility index (Phi) is 4.61. The smallest absolute Gasteiger partial charge is 0.137 e. The van der Waals surface area contributed by atoms with Crippen molar-refractivity contribution in [3.8, 4) is 0 Å². The number of nitrogens with one attached hydrogen (secondary N) is 1. The number of aryl methyl sites for hydroxylation is 1. The largest absolute Gasteiger partial charge is 0.306 e. The van der Waals surface area contributed by atoms with Gasteiger partial charge in [-0.25, -0.2) is 4.39 Å². The molecule has 0 saturated carbocycles. The monoisotopic (exact) mass is 301 g/mol. The second-order valence-electron chi connectivity index (χ2n) is 5.35. The molecule has 3 rings (SSSR count). The molecule has 1 atom stereocenters. The number of hydrogen-bond donors (Lipinski definition) is 1. The molecule has 0 radical (unpaired) electrons. The summed E-state index contributed by atoms with van der Waals surface area (Å²) in [5, 5.41) is 3.62. The van der Waals surface area contributed by atoms with Gasteiger partial charge in [-0.2, -0.15) is 0 Å². The van der Waals surface area contributed by atoms with E-state index >= 15 is 0 Å². The Morgan fingerprint density at radius 1 is 1.14 bits per heavy atom. The van der Waals surface area contributed by atoms with Crippen LogP contribution in [0.4, 0.5) is 4.39 Å². The molecule has 1 N–H and O–H groups in total. The third kappa shape index (κ3) is 3.14. The van der Waals surface area contributed by atoms with Gasteiger partial charge in [-0.1, -0.05) is 43.3 Å². The maximum absolute atomic E-state index is 13.9. The van der Waals surface area contributed by atoms with Gasteiger partial charge in [-0.05, 0) is 41.4 Å². The van der Waals surface area contributed by atoms with Gasteiger partial charge in [0.15, 0.2) is 0 Å². The topological polar surface area (TPSA) is 12.0 Å². The fraction of sp³-hybridized carbons (Fsp3) is 0.333. The fourth-order valence-corrected chi connectivity index (χ4v) is 4.05. The number of benzene rings is 2. The predicted octanol–water partition coefficient (Wildman–Crippen LogP) is 4.71. The molecule has 1 heterocycles. The maximum atomic E-state index is 13.9. The molecule has 0 bridgehead atoms. The lowest BCUT2D eigenvalue weighted by molar-refractivity contribution is 0.495. The first kappa shape index (κ1) is 14.6. The molecular weight excluding hydrogens is 281 g/mol. The summed E-state index contributed by atoms with van der Waals surface area (Å²) in [6.45, 7) is 3.02. The summed E-state index contributed by atoms with van der Waals surface area (Å²) in [6.07, 6.45) is 2.10. The van der Waals surface area contributed by atoms with E-state index in [2.05, 4.69) is 36.5 Å². The summed E-state index contributed by atoms with van der Waals surface area (Å²) in [7, 11) is 0. The van der Waals surface area contributed by atoms with E-state index < -0.39 is 0 Å². The van der Waals surface area contributed by atoms with Crippen molar-refractivity contribution in [1.82, 2.24) is 5.32 Å². The molecule has 0 saturated heterocycles. The number of fused-ring (bicyclic) bond motifs is 1. The lowest BCUT2D eigenvalue weighted by Crippen LogP contribution is -2.25. The van der Waals surface area contributed by atoms with Crippen LogP contribution < -0.4 is 5.32 Å². The summed E-state index contributed by atoms with van der Waals surface area (Å²) in [6, 6.07) is 14.2. The van der Waals surface area contributed by atoms with Gasteiger partial charge in [0.1, 0.15) is 5.82 Å². The van der Waals surface area contributed by atoms with E-state index in [1.807, 2.05) is 12.1 Å². The van der Waals surface area contributed by atoms with Crippen LogP contribution in [-0.2, 0) is 13.0 Å². The Morgan fingerprint density at radius 2 is 1.95 bits per heavy atom. The highest BCUT2D eigenvalue weighted by Gasteiger charge is 2.22. The average Bonchev–Trinajstić information content (AvgIpc) is 2.53. The second kappa shape index (κ2) is 6.63. The number of hydrogen-bond acceptors (Lipinski definition) is 2. The minimum atomic E-state index is -0.0852. The molecule has 110 valence electrons. The van der Waals surface area contributed by atoms with Crippen molar-refractivity contribution in [2.45, 2.75) is 37.2 Å². The van der Waals surface area contributed by atoms with Crippen LogP contribution in [-0.4, -0.2) is 5.75 Å². The summed E-state index contributed by atoms with van der Waals surface area (Å²) in [5.41, 5.74) is 3.84. The number of thioether (sulfide) groups is 1. The lowest BCUT2D eigenvalue weighted by atomic mass is 10.0. The van der Waals surface area contributed by atoms with Crippen LogP contribution >= 0.6 is 11.8 Å². The van der Waals surface area contributed by atoms with E-state index in [-0.39, 0.29) is 11.9 Å². The van der Waals surface area contributed by atoms with Crippen LogP contribution in [0.5, 0.6) is 0 Å². The molecular formula is C18H20FNS. The molecule has 1 aliphatic heterocycles. The first-order chi connectivity index (χ1) is 10.3.